The summed E-state index contributed by atoms with van der Waals surface area (Å²) in [5.41, 5.74) is 0. The fraction of sp³-hybridized carbons (Fsp3) is 0.769. The molecule has 0 aromatic carbocycles. The predicted octanol–water partition coefficient (Wildman–Crippen LogP) is 4.33. The molecule has 0 amide bonds. The molecule has 15 heavy (non-hydrogen) atoms. The van der Waals surface area contributed by atoms with Gasteiger partial charge in [-0.05, 0) is 19.4 Å². The molecular formula is C13H22OS. The first-order chi connectivity index (χ1) is 7.16. The Morgan fingerprint density at radius 3 is 2.47 bits per heavy atom. The van der Waals surface area contributed by atoms with E-state index in [2.05, 4.69) is 19.9 Å². The van der Waals surface area contributed by atoms with Crippen LogP contribution in [-0.2, 0) is 4.79 Å². The molecule has 86 valence electrons. The minimum Gasteiger partial charge on any atom is -0.282 e. The lowest BCUT2D eigenvalue weighted by Gasteiger charge is -2.19. The molecule has 1 rings (SSSR count). The first-order valence-electron chi connectivity index (χ1n) is 6.08. The molecule has 0 fully saturated rings. The molecular weight excluding hydrogens is 204 g/mol. The molecule has 0 N–H and O–H groups in total. The van der Waals surface area contributed by atoms with E-state index in [1.54, 1.807) is 6.08 Å². The Morgan fingerprint density at radius 2 is 1.87 bits per heavy atom. The molecule has 1 atom stereocenters. The van der Waals surface area contributed by atoms with Gasteiger partial charge in [0.25, 0.3) is 0 Å². The highest BCUT2D eigenvalue weighted by atomic mass is 32.2. The SMILES string of the molecule is CCCCCCCCC1(C)C=CC(=O)S1. The third-order valence-electron chi connectivity index (χ3n) is 2.93. The lowest BCUT2D eigenvalue weighted by molar-refractivity contribution is -0.106. The Bertz CT molecular complexity index is 235. The van der Waals surface area contributed by atoms with Crippen LogP contribution in [0.4, 0.5) is 0 Å². The molecule has 1 aliphatic rings. The summed E-state index contributed by atoms with van der Waals surface area (Å²) in [6.45, 7) is 4.41. The van der Waals surface area contributed by atoms with Gasteiger partial charge in [0.05, 0.1) is 0 Å². The molecule has 0 aliphatic carbocycles. The fourth-order valence-electron chi connectivity index (χ4n) is 1.93. The standard InChI is InChI=1S/C13H22OS/c1-3-4-5-6-7-8-10-13(2)11-9-12(14)15-13/h9,11H,3-8,10H2,1-2H3. The van der Waals surface area contributed by atoms with Crippen LogP contribution in [0.5, 0.6) is 0 Å². The number of rotatable bonds is 7. The molecule has 2 heteroatoms. The van der Waals surface area contributed by atoms with Crippen LogP contribution in [0.25, 0.3) is 0 Å². The van der Waals surface area contributed by atoms with Crippen molar-refractivity contribution in [1.29, 1.82) is 0 Å². The summed E-state index contributed by atoms with van der Waals surface area (Å²) >= 11 is 1.49. The Kier molecular flexibility index (Phi) is 5.44. The Hall–Kier alpha value is -0.240. The van der Waals surface area contributed by atoms with Crippen LogP contribution in [0, 0.1) is 0 Å². The summed E-state index contributed by atoms with van der Waals surface area (Å²) in [7, 11) is 0. The molecule has 1 heterocycles. The van der Waals surface area contributed by atoms with Gasteiger partial charge in [0, 0.05) is 4.75 Å². The molecule has 0 saturated heterocycles. The lowest BCUT2D eigenvalue weighted by Crippen LogP contribution is -2.13. The number of hydrogen-bond donors (Lipinski definition) is 0. The highest BCUT2D eigenvalue weighted by Crippen LogP contribution is 2.37. The first-order valence-corrected chi connectivity index (χ1v) is 6.90. The average Bonchev–Trinajstić information content (AvgIpc) is 2.53. The smallest absolute Gasteiger partial charge is 0.212 e. The van der Waals surface area contributed by atoms with Gasteiger partial charge in [-0.3, -0.25) is 4.79 Å². The van der Waals surface area contributed by atoms with Crippen molar-refractivity contribution in [2.45, 2.75) is 63.5 Å². The van der Waals surface area contributed by atoms with E-state index in [1.165, 1.54) is 50.3 Å². The van der Waals surface area contributed by atoms with Gasteiger partial charge in [0.15, 0.2) is 0 Å². The zero-order valence-electron chi connectivity index (χ0n) is 9.92. The van der Waals surface area contributed by atoms with Crippen LogP contribution in [0.15, 0.2) is 12.2 Å². The second-order valence-electron chi connectivity index (χ2n) is 4.58. The maximum absolute atomic E-state index is 11.1. The van der Waals surface area contributed by atoms with E-state index in [0.717, 1.165) is 6.42 Å². The van der Waals surface area contributed by atoms with Gasteiger partial charge in [-0.2, -0.15) is 0 Å². The van der Waals surface area contributed by atoms with Gasteiger partial charge in [0.1, 0.15) is 0 Å². The van der Waals surface area contributed by atoms with Crippen molar-refractivity contribution in [3.8, 4) is 0 Å². The van der Waals surface area contributed by atoms with Crippen molar-refractivity contribution >= 4 is 16.9 Å². The maximum Gasteiger partial charge on any atom is 0.212 e. The molecule has 1 aliphatic heterocycles. The average molecular weight is 226 g/mol. The summed E-state index contributed by atoms with van der Waals surface area (Å²) < 4.78 is 0.0990. The van der Waals surface area contributed by atoms with E-state index in [0.29, 0.717) is 0 Å². The van der Waals surface area contributed by atoms with E-state index in [-0.39, 0.29) is 9.86 Å². The number of unbranched alkanes of at least 4 members (excludes halogenated alkanes) is 5. The van der Waals surface area contributed by atoms with Crippen LogP contribution in [-0.4, -0.2) is 9.86 Å². The van der Waals surface area contributed by atoms with Gasteiger partial charge in [-0.25, -0.2) is 0 Å². The van der Waals surface area contributed by atoms with Gasteiger partial charge in [-0.15, -0.1) is 0 Å². The number of carbonyl (C=O) groups excluding carboxylic acids is 1. The Balaban J connectivity index is 2.05. The van der Waals surface area contributed by atoms with Crippen molar-refractivity contribution in [3.63, 3.8) is 0 Å². The van der Waals surface area contributed by atoms with E-state index < -0.39 is 0 Å². The van der Waals surface area contributed by atoms with Crippen molar-refractivity contribution < 1.29 is 4.79 Å². The Morgan fingerprint density at radius 1 is 1.20 bits per heavy atom. The highest BCUT2D eigenvalue weighted by Gasteiger charge is 2.28. The molecule has 1 nitrogen and oxygen atoms in total. The monoisotopic (exact) mass is 226 g/mol. The third kappa shape index (κ3) is 4.87. The van der Waals surface area contributed by atoms with E-state index in [9.17, 15) is 4.79 Å². The molecule has 0 aromatic heterocycles. The topological polar surface area (TPSA) is 17.1 Å². The third-order valence-corrected chi connectivity index (χ3v) is 4.08. The van der Waals surface area contributed by atoms with Crippen LogP contribution in [0.1, 0.15) is 58.8 Å². The largest absolute Gasteiger partial charge is 0.282 e. The van der Waals surface area contributed by atoms with Crippen LogP contribution < -0.4 is 0 Å². The molecule has 0 spiro atoms. The fourth-order valence-corrected chi connectivity index (χ4v) is 2.91. The van der Waals surface area contributed by atoms with Crippen LogP contribution in [0.3, 0.4) is 0 Å². The van der Waals surface area contributed by atoms with Crippen molar-refractivity contribution in [2.75, 3.05) is 0 Å². The zero-order chi connectivity index (χ0) is 11.1. The van der Waals surface area contributed by atoms with Crippen molar-refractivity contribution in [2.24, 2.45) is 0 Å². The van der Waals surface area contributed by atoms with Crippen molar-refractivity contribution in [3.05, 3.63) is 12.2 Å². The minimum absolute atomic E-state index is 0.0990. The lowest BCUT2D eigenvalue weighted by atomic mass is 10.0. The Labute approximate surface area is 97.7 Å². The second kappa shape index (κ2) is 6.37. The quantitative estimate of drug-likeness (QED) is 0.601. The van der Waals surface area contributed by atoms with E-state index in [1.807, 2.05) is 0 Å². The highest BCUT2D eigenvalue weighted by molar-refractivity contribution is 8.15. The second-order valence-corrected chi connectivity index (χ2v) is 6.12. The van der Waals surface area contributed by atoms with Crippen molar-refractivity contribution in [1.82, 2.24) is 0 Å². The molecule has 0 aromatic rings. The zero-order valence-corrected chi connectivity index (χ0v) is 10.7. The van der Waals surface area contributed by atoms with Gasteiger partial charge >= 0.3 is 0 Å². The molecule has 1 unspecified atom stereocenters. The summed E-state index contributed by atoms with van der Waals surface area (Å²) in [4.78, 5) is 11.1. The molecule has 0 radical (unpaired) electrons. The van der Waals surface area contributed by atoms with Gasteiger partial charge < -0.3 is 0 Å². The summed E-state index contributed by atoms with van der Waals surface area (Å²) in [5, 5.41) is 0.225. The minimum atomic E-state index is 0.0990. The number of carbonyl (C=O) groups is 1. The number of thioether (sulfide) groups is 1. The first kappa shape index (κ1) is 12.8. The number of hydrogen-bond acceptors (Lipinski definition) is 2. The van der Waals surface area contributed by atoms with Crippen LogP contribution >= 0.6 is 11.8 Å². The van der Waals surface area contributed by atoms with Gasteiger partial charge in [-0.1, -0.05) is 63.3 Å². The summed E-state index contributed by atoms with van der Waals surface area (Å²) in [6.07, 6.45) is 12.9. The normalized spacial score (nSPS) is 25.1. The summed E-state index contributed by atoms with van der Waals surface area (Å²) in [5.74, 6) is 0. The summed E-state index contributed by atoms with van der Waals surface area (Å²) in [6, 6.07) is 0. The van der Waals surface area contributed by atoms with Crippen LogP contribution in [0.2, 0.25) is 0 Å². The predicted molar refractivity (Wildman–Crippen MR) is 68.1 cm³/mol. The molecule has 0 saturated carbocycles. The van der Waals surface area contributed by atoms with Gasteiger partial charge in [0.2, 0.25) is 5.12 Å². The maximum atomic E-state index is 11.1. The molecule has 0 bridgehead atoms. The van der Waals surface area contributed by atoms with E-state index in [4.69, 9.17) is 0 Å². The van der Waals surface area contributed by atoms with E-state index >= 15 is 0 Å².